The molecule has 0 aromatic heterocycles. The maximum Gasteiger partial charge on any atom is 0.369 e. The van der Waals surface area contributed by atoms with Crippen LogP contribution in [0.1, 0.15) is 0 Å². The number of carbonyl (C=O) groups is 1. The predicted molar refractivity (Wildman–Crippen MR) is 32.2 cm³/mol. The second-order valence-corrected chi connectivity index (χ2v) is 1.29. The first-order chi connectivity index (χ1) is 5.22. The number of nitrogens with zero attached hydrogens (tertiary/aromatic N) is 3. The van der Waals surface area contributed by atoms with Gasteiger partial charge >= 0.3 is 5.97 Å². The molecule has 0 amide bonds. The van der Waals surface area contributed by atoms with E-state index in [4.69, 9.17) is 15.6 Å². The summed E-state index contributed by atoms with van der Waals surface area (Å²) in [6.07, 6.45) is 0. The number of aliphatic carboxylic acids is 1. The van der Waals surface area contributed by atoms with E-state index in [2.05, 4.69) is 9.99 Å². The topological polar surface area (TPSA) is 106 Å². The van der Waals surface area contributed by atoms with E-state index in [9.17, 15) is 4.79 Å². The Labute approximate surface area is 61.9 Å². The van der Waals surface area contributed by atoms with Gasteiger partial charge in [0.05, 0.1) is 0 Å². The summed E-state index contributed by atoms with van der Waals surface area (Å²) < 4.78 is 0. The molecule has 6 nitrogen and oxygen atoms in total. The minimum atomic E-state index is -1.48. The van der Waals surface area contributed by atoms with Crippen LogP contribution in [0, 0.1) is 22.7 Å². The monoisotopic (exact) mass is 153 g/mol. The van der Waals surface area contributed by atoms with Gasteiger partial charge < -0.3 is 9.94 Å². The van der Waals surface area contributed by atoms with Gasteiger partial charge in [0.1, 0.15) is 12.1 Å². The molecule has 11 heavy (non-hydrogen) atoms. The van der Waals surface area contributed by atoms with Crippen LogP contribution in [0.2, 0.25) is 0 Å². The van der Waals surface area contributed by atoms with Gasteiger partial charge in [-0.05, 0) is 0 Å². The van der Waals surface area contributed by atoms with Crippen molar-refractivity contribution in [2.45, 2.75) is 0 Å². The fraction of sp³-hybridized carbons (Fsp3) is 0.200. The maximum absolute atomic E-state index is 10.0. The zero-order chi connectivity index (χ0) is 8.69. The summed E-state index contributed by atoms with van der Waals surface area (Å²) >= 11 is 0. The molecular formula is C5H3N3O3. The molecule has 0 spiro atoms. The average molecular weight is 153 g/mol. The molecule has 0 bridgehead atoms. The molecular weight excluding hydrogens is 150 g/mol. The lowest BCUT2D eigenvalue weighted by atomic mass is 10.4. The molecule has 0 aliphatic rings. The highest BCUT2D eigenvalue weighted by molar-refractivity contribution is 6.42. The summed E-state index contributed by atoms with van der Waals surface area (Å²) in [5, 5.41) is 27.0. The summed E-state index contributed by atoms with van der Waals surface area (Å²) in [6, 6.07) is 2.83. The summed E-state index contributed by atoms with van der Waals surface area (Å²) in [6.45, 7) is -0.377. The third kappa shape index (κ3) is 3.49. The van der Waals surface area contributed by atoms with Crippen LogP contribution < -0.4 is 0 Å². The second-order valence-electron chi connectivity index (χ2n) is 1.29. The predicted octanol–water partition coefficient (Wildman–Crippen LogP) is -0.509. The molecule has 56 valence electrons. The average Bonchev–Trinajstić information content (AvgIpc) is 1.97. The van der Waals surface area contributed by atoms with Crippen LogP contribution in [-0.4, -0.2) is 23.4 Å². The van der Waals surface area contributed by atoms with Crippen LogP contribution in [0.3, 0.4) is 0 Å². The standard InChI is InChI=1S/C5H3N3O3/c6-1-2-11-8-4(3-7)5(9)10/h2H2,(H,9,10)/b8-4-. The van der Waals surface area contributed by atoms with Gasteiger partial charge in [-0.15, -0.1) is 0 Å². The molecule has 0 saturated carbocycles. The molecule has 0 rings (SSSR count). The van der Waals surface area contributed by atoms with Gasteiger partial charge in [0, 0.05) is 0 Å². The molecule has 0 fully saturated rings. The highest BCUT2D eigenvalue weighted by atomic mass is 16.6. The number of rotatable bonds is 3. The number of oxime groups is 1. The molecule has 0 aliphatic carbocycles. The normalized spacial score (nSPS) is 9.45. The van der Waals surface area contributed by atoms with Crippen molar-refractivity contribution in [2.75, 3.05) is 6.61 Å². The zero-order valence-corrected chi connectivity index (χ0v) is 5.31. The molecule has 0 radical (unpaired) electrons. The Morgan fingerprint density at radius 3 is 2.64 bits per heavy atom. The lowest BCUT2D eigenvalue weighted by Gasteiger charge is -1.88. The first kappa shape index (κ1) is 8.92. The van der Waals surface area contributed by atoms with Gasteiger partial charge in [0.2, 0.25) is 6.61 Å². The third-order valence-electron chi connectivity index (χ3n) is 0.593. The Morgan fingerprint density at radius 1 is 1.64 bits per heavy atom. The minimum Gasteiger partial charge on any atom is -0.476 e. The number of carboxylic acids is 1. The number of hydrogen-bond acceptors (Lipinski definition) is 5. The second kappa shape index (κ2) is 4.77. The van der Waals surface area contributed by atoms with E-state index in [1.54, 1.807) is 6.07 Å². The zero-order valence-electron chi connectivity index (χ0n) is 5.31. The lowest BCUT2D eigenvalue weighted by Crippen LogP contribution is -2.10. The Balaban J connectivity index is 4.08. The minimum absolute atomic E-state index is 0.377. The maximum atomic E-state index is 10.0. The van der Waals surface area contributed by atoms with E-state index in [-0.39, 0.29) is 6.61 Å². The third-order valence-corrected chi connectivity index (χ3v) is 0.593. The van der Waals surface area contributed by atoms with Crippen LogP contribution in [-0.2, 0) is 9.63 Å². The van der Waals surface area contributed by atoms with E-state index in [0.29, 0.717) is 0 Å². The number of carboxylic acid groups (broad SMARTS) is 1. The van der Waals surface area contributed by atoms with E-state index in [1.165, 1.54) is 6.07 Å². The van der Waals surface area contributed by atoms with E-state index in [1.807, 2.05) is 0 Å². The molecule has 0 aliphatic heterocycles. The summed E-state index contributed by atoms with van der Waals surface area (Å²) in [7, 11) is 0. The van der Waals surface area contributed by atoms with Crippen LogP contribution in [0.4, 0.5) is 0 Å². The molecule has 0 atom stereocenters. The Kier molecular flexibility index (Phi) is 3.87. The highest BCUT2D eigenvalue weighted by Gasteiger charge is 2.07. The van der Waals surface area contributed by atoms with E-state index < -0.39 is 11.7 Å². The Morgan fingerprint density at radius 2 is 2.27 bits per heavy atom. The molecule has 0 aromatic carbocycles. The van der Waals surface area contributed by atoms with Crippen molar-refractivity contribution < 1.29 is 14.7 Å². The van der Waals surface area contributed by atoms with Gasteiger partial charge in [-0.3, -0.25) is 0 Å². The molecule has 0 heterocycles. The first-order valence-electron chi connectivity index (χ1n) is 2.42. The van der Waals surface area contributed by atoms with E-state index >= 15 is 0 Å². The quantitative estimate of drug-likeness (QED) is 0.334. The van der Waals surface area contributed by atoms with Crippen LogP contribution in [0.5, 0.6) is 0 Å². The largest absolute Gasteiger partial charge is 0.476 e. The Hall–Kier alpha value is -2.08. The summed E-state index contributed by atoms with van der Waals surface area (Å²) in [5.41, 5.74) is -0.778. The fourth-order valence-electron chi connectivity index (χ4n) is 0.233. The lowest BCUT2D eigenvalue weighted by molar-refractivity contribution is -0.129. The van der Waals surface area contributed by atoms with Gasteiger partial charge in [0.25, 0.3) is 5.71 Å². The molecule has 1 N–H and O–H groups in total. The van der Waals surface area contributed by atoms with Crippen molar-refractivity contribution in [3.63, 3.8) is 0 Å². The molecule has 6 heteroatoms. The van der Waals surface area contributed by atoms with Crippen LogP contribution in [0.25, 0.3) is 0 Å². The van der Waals surface area contributed by atoms with Gasteiger partial charge in [-0.2, -0.15) is 10.5 Å². The van der Waals surface area contributed by atoms with Crippen LogP contribution >= 0.6 is 0 Å². The van der Waals surface area contributed by atoms with Crippen molar-refractivity contribution in [1.82, 2.24) is 0 Å². The van der Waals surface area contributed by atoms with Crippen molar-refractivity contribution >= 4 is 11.7 Å². The van der Waals surface area contributed by atoms with Gasteiger partial charge in [-0.25, -0.2) is 4.79 Å². The van der Waals surface area contributed by atoms with Crippen LogP contribution in [0.15, 0.2) is 5.16 Å². The van der Waals surface area contributed by atoms with E-state index in [0.717, 1.165) is 0 Å². The van der Waals surface area contributed by atoms with Crippen molar-refractivity contribution in [3.8, 4) is 12.1 Å². The smallest absolute Gasteiger partial charge is 0.369 e. The van der Waals surface area contributed by atoms with Gasteiger partial charge in [0.15, 0.2) is 0 Å². The fourth-order valence-corrected chi connectivity index (χ4v) is 0.233. The number of nitriles is 2. The first-order valence-corrected chi connectivity index (χ1v) is 2.42. The summed E-state index contributed by atoms with van der Waals surface area (Å²) in [5.74, 6) is -1.48. The van der Waals surface area contributed by atoms with Gasteiger partial charge in [-0.1, -0.05) is 5.16 Å². The molecule has 0 aromatic rings. The molecule has 0 saturated heterocycles. The SMILES string of the molecule is N#CCO/N=C(/C#N)C(=O)O. The van der Waals surface area contributed by atoms with Crippen molar-refractivity contribution in [1.29, 1.82) is 10.5 Å². The highest BCUT2D eigenvalue weighted by Crippen LogP contribution is 1.80. The number of hydrogen-bond donors (Lipinski definition) is 1. The molecule has 0 unspecified atom stereocenters. The van der Waals surface area contributed by atoms with Crippen molar-refractivity contribution in [2.24, 2.45) is 5.16 Å². The van der Waals surface area contributed by atoms with Crippen molar-refractivity contribution in [3.05, 3.63) is 0 Å². The Bertz CT molecular complexity index is 257. The summed E-state index contributed by atoms with van der Waals surface area (Å²) in [4.78, 5) is 14.1.